The molecule has 0 bridgehead atoms. The van der Waals surface area contributed by atoms with E-state index in [2.05, 4.69) is 6.92 Å². The van der Waals surface area contributed by atoms with Crippen molar-refractivity contribution in [2.24, 2.45) is 11.8 Å². The molecule has 0 aliphatic rings. The fraction of sp³-hybridized carbons (Fsp3) is 0.818. The average Bonchev–Trinajstić information content (AvgIpc) is 2.14. The zero-order valence-corrected chi connectivity index (χ0v) is 9.03. The third kappa shape index (κ3) is 6.63. The number of hydrogen-bond acceptors (Lipinski definition) is 2. The van der Waals surface area contributed by atoms with Crippen LogP contribution in [0.2, 0.25) is 0 Å². The monoisotopic (exact) mass is 200 g/mol. The maximum absolute atomic E-state index is 10.5. The van der Waals surface area contributed by atoms with Gasteiger partial charge in [-0.1, -0.05) is 20.3 Å². The number of carbonyl (C=O) groups excluding carboxylic acids is 1. The molecule has 0 heterocycles. The van der Waals surface area contributed by atoms with E-state index in [0.717, 1.165) is 32.0 Å². The van der Waals surface area contributed by atoms with Gasteiger partial charge in [0.2, 0.25) is 0 Å². The summed E-state index contributed by atoms with van der Waals surface area (Å²) < 4.78 is 0. The summed E-state index contributed by atoms with van der Waals surface area (Å²) in [5, 5.41) is 8.66. The molecule has 0 spiro atoms. The summed E-state index contributed by atoms with van der Waals surface area (Å²) in [5.41, 5.74) is 0. The number of carbonyl (C=O) groups is 2. The molecule has 0 aromatic rings. The Hall–Kier alpha value is -0.860. The second-order valence-corrected chi connectivity index (χ2v) is 4.02. The predicted molar refractivity (Wildman–Crippen MR) is 55.1 cm³/mol. The van der Waals surface area contributed by atoms with Crippen molar-refractivity contribution >= 4 is 12.3 Å². The van der Waals surface area contributed by atoms with Gasteiger partial charge in [-0.15, -0.1) is 0 Å². The van der Waals surface area contributed by atoms with Crippen molar-refractivity contribution in [2.75, 3.05) is 0 Å². The summed E-state index contributed by atoms with van der Waals surface area (Å²) in [7, 11) is 0. The van der Waals surface area contributed by atoms with Crippen LogP contribution >= 0.6 is 0 Å². The first-order chi connectivity index (χ1) is 6.57. The van der Waals surface area contributed by atoms with Gasteiger partial charge in [0.1, 0.15) is 6.29 Å². The van der Waals surface area contributed by atoms with Gasteiger partial charge in [-0.3, -0.25) is 4.79 Å². The number of carboxylic acids is 1. The van der Waals surface area contributed by atoms with Crippen LogP contribution in [0.3, 0.4) is 0 Å². The van der Waals surface area contributed by atoms with Crippen LogP contribution in [0.25, 0.3) is 0 Å². The third-order valence-electron chi connectivity index (χ3n) is 2.53. The van der Waals surface area contributed by atoms with E-state index in [4.69, 9.17) is 5.11 Å². The third-order valence-corrected chi connectivity index (χ3v) is 2.53. The average molecular weight is 200 g/mol. The van der Waals surface area contributed by atoms with Gasteiger partial charge in [-0.2, -0.15) is 0 Å². The van der Waals surface area contributed by atoms with Gasteiger partial charge < -0.3 is 9.90 Å². The molecule has 0 aliphatic heterocycles. The Labute approximate surface area is 85.5 Å². The number of aliphatic carboxylic acids is 1. The van der Waals surface area contributed by atoms with Gasteiger partial charge >= 0.3 is 5.97 Å². The molecular weight excluding hydrogens is 180 g/mol. The lowest BCUT2D eigenvalue weighted by Crippen LogP contribution is -2.10. The molecule has 1 N–H and O–H groups in total. The lowest BCUT2D eigenvalue weighted by molar-refractivity contribution is -0.141. The van der Waals surface area contributed by atoms with Gasteiger partial charge in [-0.25, -0.2) is 0 Å². The highest BCUT2D eigenvalue weighted by molar-refractivity contribution is 5.69. The number of rotatable bonds is 8. The summed E-state index contributed by atoms with van der Waals surface area (Å²) >= 11 is 0. The quantitative estimate of drug-likeness (QED) is 0.483. The van der Waals surface area contributed by atoms with Gasteiger partial charge in [0.15, 0.2) is 0 Å². The van der Waals surface area contributed by atoms with Crippen molar-refractivity contribution in [2.45, 2.75) is 46.0 Å². The van der Waals surface area contributed by atoms with E-state index in [1.807, 2.05) is 0 Å². The molecule has 0 rings (SSSR count). The van der Waals surface area contributed by atoms with Crippen molar-refractivity contribution in [3.8, 4) is 0 Å². The largest absolute Gasteiger partial charge is 0.481 e. The fourth-order valence-corrected chi connectivity index (χ4v) is 1.35. The molecule has 82 valence electrons. The van der Waals surface area contributed by atoms with Gasteiger partial charge in [0.05, 0.1) is 5.92 Å². The molecule has 0 amide bonds. The fourth-order valence-electron chi connectivity index (χ4n) is 1.35. The standard InChI is InChI=1S/C11H20O3/c1-9(5-3-4-8-12)6-7-10(2)11(13)14/h8-10H,3-7H2,1-2H3,(H,13,14). The minimum absolute atomic E-state index is 0.247. The summed E-state index contributed by atoms with van der Waals surface area (Å²) in [4.78, 5) is 20.6. The van der Waals surface area contributed by atoms with E-state index in [1.165, 1.54) is 0 Å². The van der Waals surface area contributed by atoms with Crippen LogP contribution in [-0.4, -0.2) is 17.4 Å². The molecule has 0 aliphatic carbocycles. The second-order valence-electron chi connectivity index (χ2n) is 4.02. The first-order valence-electron chi connectivity index (χ1n) is 5.24. The summed E-state index contributed by atoms with van der Waals surface area (Å²) in [6, 6.07) is 0. The molecule has 3 heteroatoms. The Morgan fingerprint density at radius 2 is 1.93 bits per heavy atom. The molecule has 14 heavy (non-hydrogen) atoms. The summed E-state index contributed by atoms with van der Waals surface area (Å²) in [6.07, 6.45) is 5.17. The minimum Gasteiger partial charge on any atom is -0.481 e. The number of aldehydes is 1. The second kappa shape index (κ2) is 7.54. The molecule has 0 radical (unpaired) electrons. The Balaban J connectivity index is 3.47. The van der Waals surface area contributed by atoms with Crippen molar-refractivity contribution in [1.82, 2.24) is 0 Å². The highest BCUT2D eigenvalue weighted by Gasteiger charge is 2.12. The Bertz CT molecular complexity index is 177. The van der Waals surface area contributed by atoms with Crippen LogP contribution in [0.1, 0.15) is 46.0 Å². The predicted octanol–water partition coefficient (Wildman–Crippen LogP) is 2.49. The van der Waals surface area contributed by atoms with E-state index < -0.39 is 5.97 Å². The number of hydrogen-bond donors (Lipinski definition) is 1. The van der Waals surface area contributed by atoms with E-state index in [1.54, 1.807) is 6.92 Å². The topological polar surface area (TPSA) is 54.4 Å². The Morgan fingerprint density at radius 1 is 1.29 bits per heavy atom. The van der Waals surface area contributed by atoms with E-state index >= 15 is 0 Å². The van der Waals surface area contributed by atoms with E-state index in [9.17, 15) is 9.59 Å². The molecule has 2 unspecified atom stereocenters. The van der Waals surface area contributed by atoms with Crippen LogP contribution in [0, 0.1) is 11.8 Å². The molecule has 0 saturated heterocycles. The smallest absolute Gasteiger partial charge is 0.306 e. The summed E-state index contributed by atoms with van der Waals surface area (Å²) in [6.45, 7) is 3.85. The molecule has 0 saturated carbocycles. The van der Waals surface area contributed by atoms with E-state index in [0.29, 0.717) is 12.3 Å². The Morgan fingerprint density at radius 3 is 2.43 bits per heavy atom. The van der Waals surface area contributed by atoms with Gasteiger partial charge in [0.25, 0.3) is 0 Å². The number of carboxylic acid groups (broad SMARTS) is 1. The first kappa shape index (κ1) is 13.1. The normalized spacial score (nSPS) is 14.7. The zero-order valence-electron chi connectivity index (χ0n) is 9.03. The van der Waals surface area contributed by atoms with Crippen molar-refractivity contribution < 1.29 is 14.7 Å². The molecule has 0 fully saturated rings. The summed E-state index contributed by atoms with van der Waals surface area (Å²) in [5.74, 6) is -0.439. The Kier molecular flexibility index (Phi) is 7.07. The molecule has 0 aromatic heterocycles. The minimum atomic E-state index is -0.718. The van der Waals surface area contributed by atoms with Gasteiger partial charge in [0, 0.05) is 6.42 Å². The van der Waals surface area contributed by atoms with Crippen molar-refractivity contribution in [3.05, 3.63) is 0 Å². The molecule has 0 aromatic carbocycles. The van der Waals surface area contributed by atoms with Crippen LogP contribution < -0.4 is 0 Å². The van der Waals surface area contributed by atoms with E-state index in [-0.39, 0.29) is 5.92 Å². The van der Waals surface area contributed by atoms with Crippen LogP contribution in [0.5, 0.6) is 0 Å². The van der Waals surface area contributed by atoms with Crippen molar-refractivity contribution in [3.63, 3.8) is 0 Å². The van der Waals surface area contributed by atoms with Gasteiger partial charge in [-0.05, 0) is 25.2 Å². The lowest BCUT2D eigenvalue weighted by Gasteiger charge is -2.11. The van der Waals surface area contributed by atoms with Crippen LogP contribution in [-0.2, 0) is 9.59 Å². The lowest BCUT2D eigenvalue weighted by atomic mass is 9.94. The zero-order chi connectivity index (χ0) is 11.0. The number of unbranched alkanes of at least 4 members (excludes halogenated alkanes) is 1. The maximum Gasteiger partial charge on any atom is 0.306 e. The maximum atomic E-state index is 10.5. The van der Waals surface area contributed by atoms with Crippen molar-refractivity contribution in [1.29, 1.82) is 0 Å². The highest BCUT2D eigenvalue weighted by Crippen LogP contribution is 2.17. The molecular formula is C11H20O3. The van der Waals surface area contributed by atoms with Crippen LogP contribution in [0.15, 0.2) is 0 Å². The highest BCUT2D eigenvalue weighted by atomic mass is 16.4. The first-order valence-corrected chi connectivity index (χ1v) is 5.24. The molecule has 2 atom stereocenters. The van der Waals surface area contributed by atoms with Crippen LogP contribution in [0.4, 0.5) is 0 Å². The molecule has 3 nitrogen and oxygen atoms in total. The SMILES string of the molecule is CC(CCCC=O)CCC(C)C(=O)O.